The number of carbonyl (C=O) groups is 1. The van der Waals surface area contributed by atoms with Crippen LogP contribution in [-0.2, 0) is 15.7 Å². The van der Waals surface area contributed by atoms with E-state index in [0.717, 1.165) is 23.3 Å². The van der Waals surface area contributed by atoms with Gasteiger partial charge >= 0.3 is 12.1 Å². The molecule has 0 heterocycles. The number of carbonyl (C=O) groups excluding carboxylic acids is 1. The largest absolute Gasteiger partial charge is 0.465 e. The zero-order chi connectivity index (χ0) is 19.2. The van der Waals surface area contributed by atoms with E-state index in [0.29, 0.717) is 6.54 Å². The first-order valence-electron chi connectivity index (χ1n) is 8.45. The molecule has 2 atom stereocenters. The predicted molar refractivity (Wildman–Crippen MR) is 93.7 cm³/mol. The van der Waals surface area contributed by atoms with Gasteiger partial charge in [-0.25, -0.2) is 4.79 Å². The van der Waals surface area contributed by atoms with Crippen molar-refractivity contribution in [2.24, 2.45) is 0 Å². The van der Waals surface area contributed by atoms with Crippen molar-refractivity contribution in [3.8, 4) is 0 Å². The molecule has 0 saturated carbocycles. The van der Waals surface area contributed by atoms with E-state index < -0.39 is 17.8 Å². The van der Waals surface area contributed by atoms with Gasteiger partial charge in [0.15, 0.2) is 0 Å². The van der Waals surface area contributed by atoms with Crippen LogP contribution in [0.3, 0.4) is 0 Å². The highest BCUT2D eigenvalue weighted by atomic mass is 19.4. The molecule has 0 bridgehead atoms. The molecule has 0 saturated heterocycles. The fourth-order valence-electron chi connectivity index (χ4n) is 2.62. The van der Waals surface area contributed by atoms with Crippen LogP contribution in [0, 0.1) is 0 Å². The molecule has 2 aromatic rings. The number of nitrogens with one attached hydrogen (secondary N) is 1. The van der Waals surface area contributed by atoms with Crippen molar-refractivity contribution in [3.05, 3.63) is 71.3 Å². The number of rotatable bonds is 7. The van der Waals surface area contributed by atoms with Crippen LogP contribution in [0.5, 0.6) is 0 Å². The summed E-state index contributed by atoms with van der Waals surface area (Å²) in [5.74, 6) is -0.448. The standard InChI is InChI=1S/C20H22F3NO2/c1-3-26-19(25)18(16-7-5-4-6-8-16)24-13-14(2)15-9-11-17(12-10-15)20(21,22)23/h4-12,14,18,24H,3,13H2,1-2H3/t14-,18-/m1/s1. The van der Waals surface area contributed by atoms with Gasteiger partial charge < -0.3 is 10.1 Å². The van der Waals surface area contributed by atoms with Gasteiger partial charge in [0.1, 0.15) is 6.04 Å². The Bertz CT molecular complexity index is 699. The summed E-state index contributed by atoms with van der Waals surface area (Å²) < 4.78 is 43.1. The normalized spacial score (nSPS) is 13.9. The smallest absolute Gasteiger partial charge is 0.416 e. The molecular formula is C20H22F3NO2. The first-order valence-corrected chi connectivity index (χ1v) is 8.45. The molecule has 0 aromatic heterocycles. The number of hydrogen-bond donors (Lipinski definition) is 1. The summed E-state index contributed by atoms with van der Waals surface area (Å²) in [5, 5.41) is 3.17. The van der Waals surface area contributed by atoms with Gasteiger partial charge in [-0.3, -0.25) is 0 Å². The number of benzene rings is 2. The van der Waals surface area contributed by atoms with Crippen LogP contribution in [0.2, 0.25) is 0 Å². The molecule has 2 aromatic carbocycles. The van der Waals surface area contributed by atoms with Crippen LogP contribution >= 0.6 is 0 Å². The Kier molecular flexibility index (Phi) is 6.80. The van der Waals surface area contributed by atoms with Gasteiger partial charge in [0, 0.05) is 6.54 Å². The Hall–Kier alpha value is -2.34. The van der Waals surface area contributed by atoms with Crippen molar-refractivity contribution in [3.63, 3.8) is 0 Å². The first kappa shape index (κ1) is 20.0. The summed E-state index contributed by atoms with van der Waals surface area (Å²) in [6.07, 6.45) is -4.34. The summed E-state index contributed by atoms with van der Waals surface area (Å²) in [6, 6.07) is 13.7. The molecule has 3 nitrogen and oxygen atoms in total. The molecule has 0 amide bonds. The van der Waals surface area contributed by atoms with Crippen molar-refractivity contribution >= 4 is 5.97 Å². The maximum absolute atomic E-state index is 12.7. The van der Waals surface area contributed by atoms with E-state index in [1.807, 2.05) is 37.3 Å². The van der Waals surface area contributed by atoms with E-state index in [9.17, 15) is 18.0 Å². The Balaban J connectivity index is 2.06. The van der Waals surface area contributed by atoms with Gasteiger partial charge in [0.2, 0.25) is 0 Å². The van der Waals surface area contributed by atoms with Crippen molar-refractivity contribution < 1.29 is 22.7 Å². The molecule has 2 rings (SSSR count). The second-order valence-corrected chi connectivity index (χ2v) is 6.02. The lowest BCUT2D eigenvalue weighted by Gasteiger charge is -2.21. The van der Waals surface area contributed by atoms with Crippen LogP contribution < -0.4 is 5.32 Å². The Morgan fingerprint density at radius 2 is 1.65 bits per heavy atom. The quantitative estimate of drug-likeness (QED) is 0.723. The Morgan fingerprint density at radius 1 is 1.04 bits per heavy atom. The van der Waals surface area contributed by atoms with Crippen LogP contribution in [0.25, 0.3) is 0 Å². The highest BCUT2D eigenvalue weighted by Gasteiger charge is 2.30. The number of alkyl halides is 3. The van der Waals surface area contributed by atoms with Gasteiger partial charge in [-0.2, -0.15) is 13.2 Å². The second kappa shape index (κ2) is 8.85. The molecule has 26 heavy (non-hydrogen) atoms. The highest BCUT2D eigenvalue weighted by Crippen LogP contribution is 2.30. The highest BCUT2D eigenvalue weighted by molar-refractivity contribution is 5.77. The molecule has 0 aliphatic carbocycles. The average molecular weight is 365 g/mol. The van der Waals surface area contributed by atoms with E-state index in [-0.39, 0.29) is 18.5 Å². The summed E-state index contributed by atoms with van der Waals surface area (Å²) in [7, 11) is 0. The van der Waals surface area contributed by atoms with Crippen molar-refractivity contribution in [2.75, 3.05) is 13.2 Å². The van der Waals surface area contributed by atoms with Gasteiger partial charge in [0.25, 0.3) is 0 Å². The van der Waals surface area contributed by atoms with Crippen LogP contribution in [-0.4, -0.2) is 19.1 Å². The van der Waals surface area contributed by atoms with Gasteiger partial charge in [0.05, 0.1) is 12.2 Å². The molecular weight excluding hydrogens is 343 g/mol. The van der Waals surface area contributed by atoms with E-state index in [2.05, 4.69) is 5.32 Å². The third kappa shape index (κ3) is 5.33. The molecule has 0 radical (unpaired) electrons. The minimum absolute atomic E-state index is 0.0714. The van der Waals surface area contributed by atoms with Crippen LogP contribution in [0.15, 0.2) is 54.6 Å². The molecule has 140 valence electrons. The molecule has 6 heteroatoms. The SMILES string of the molecule is CCOC(=O)[C@H](NC[C@@H](C)c1ccc(C(F)(F)F)cc1)c1ccccc1. The number of hydrogen-bond acceptors (Lipinski definition) is 3. The minimum atomic E-state index is -4.34. The van der Waals surface area contributed by atoms with Gasteiger partial charge in [-0.05, 0) is 36.1 Å². The predicted octanol–water partition coefficient (Wildman–Crippen LogP) is 4.70. The molecule has 1 N–H and O–H groups in total. The van der Waals surface area contributed by atoms with E-state index in [1.54, 1.807) is 6.92 Å². The van der Waals surface area contributed by atoms with E-state index in [4.69, 9.17) is 4.74 Å². The number of halogens is 3. The maximum Gasteiger partial charge on any atom is 0.416 e. The summed E-state index contributed by atoms with van der Waals surface area (Å²) in [5.41, 5.74) is 0.877. The van der Waals surface area contributed by atoms with E-state index >= 15 is 0 Å². The molecule has 0 aliphatic rings. The maximum atomic E-state index is 12.7. The topological polar surface area (TPSA) is 38.3 Å². The lowest BCUT2D eigenvalue weighted by molar-refractivity contribution is -0.146. The van der Waals surface area contributed by atoms with Gasteiger partial charge in [-0.15, -0.1) is 0 Å². The minimum Gasteiger partial charge on any atom is -0.465 e. The van der Waals surface area contributed by atoms with E-state index in [1.165, 1.54) is 12.1 Å². The molecule has 0 unspecified atom stereocenters. The van der Waals surface area contributed by atoms with Crippen LogP contribution in [0.4, 0.5) is 13.2 Å². The molecule has 0 spiro atoms. The fraction of sp³-hybridized carbons (Fsp3) is 0.350. The van der Waals surface area contributed by atoms with Crippen molar-refractivity contribution in [2.45, 2.75) is 32.0 Å². The molecule has 0 fully saturated rings. The number of ether oxygens (including phenoxy) is 1. The van der Waals surface area contributed by atoms with Crippen molar-refractivity contribution in [1.82, 2.24) is 5.32 Å². The monoisotopic (exact) mass is 365 g/mol. The third-order valence-electron chi connectivity index (χ3n) is 4.09. The lowest BCUT2D eigenvalue weighted by Crippen LogP contribution is -2.32. The lowest BCUT2D eigenvalue weighted by atomic mass is 9.98. The Morgan fingerprint density at radius 3 is 2.19 bits per heavy atom. The van der Waals surface area contributed by atoms with Gasteiger partial charge in [-0.1, -0.05) is 49.4 Å². The average Bonchev–Trinajstić information content (AvgIpc) is 2.62. The Labute approximate surface area is 151 Å². The zero-order valence-electron chi connectivity index (χ0n) is 14.7. The third-order valence-corrected chi connectivity index (χ3v) is 4.09. The zero-order valence-corrected chi connectivity index (χ0v) is 14.7. The molecule has 0 aliphatic heterocycles. The van der Waals surface area contributed by atoms with Crippen LogP contribution in [0.1, 0.15) is 42.5 Å². The summed E-state index contributed by atoms with van der Waals surface area (Å²) in [6.45, 7) is 4.33. The summed E-state index contributed by atoms with van der Waals surface area (Å²) >= 11 is 0. The van der Waals surface area contributed by atoms with Crippen molar-refractivity contribution in [1.29, 1.82) is 0 Å². The second-order valence-electron chi connectivity index (χ2n) is 6.02. The number of esters is 1. The summed E-state index contributed by atoms with van der Waals surface area (Å²) in [4.78, 5) is 12.2. The first-order chi connectivity index (χ1) is 12.3. The fourth-order valence-corrected chi connectivity index (χ4v) is 2.62.